The highest BCUT2D eigenvalue weighted by Gasteiger charge is 2.46. The Morgan fingerprint density at radius 3 is 1.57 bits per heavy atom. The minimum atomic E-state index is -6.72. The Labute approximate surface area is 231 Å². The molecule has 40 heavy (non-hydrogen) atoms. The van der Waals surface area contributed by atoms with Gasteiger partial charge in [0.25, 0.3) is 6.33 Å². The SMILES string of the molecule is CCCCCCCCCCCCCC[n+]1cnn(-c2ccccc2)c1.O=S(=O)([N-]S(=O)(=O)C(F)(F)F)C(F)(F)F. The number of sulfonamides is 2. The fourth-order valence-electron chi connectivity index (χ4n) is 3.50. The summed E-state index contributed by atoms with van der Waals surface area (Å²) in [4.78, 5) is 0. The summed E-state index contributed by atoms with van der Waals surface area (Å²) in [6.45, 7) is 3.36. The van der Waals surface area contributed by atoms with Crippen molar-refractivity contribution in [1.82, 2.24) is 9.78 Å². The van der Waals surface area contributed by atoms with Gasteiger partial charge in [-0.25, -0.2) is 21.4 Å². The number of aryl methyl sites for hydroxylation is 1. The highest BCUT2D eigenvalue weighted by Crippen LogP contribution is 2.36. The van der Waals surface area contributed by atoms with E-state index in [4.69, 9.17) is 0 Å². The molecule has 0 saturated heterocycles. The third-order valence-electron chi connectivity index (χ3n) is 5.65. The Hall–Kier alpha value is -2.20. The van der Waals surface area contributed by atoms with E-state index in [1.165, 1.54) is 77.0 Å². The highest BCUT2D eigenvalue weighted by atomic mass is 32.3. The van der Waals surface area contributed by atoms with Crippen LogP contribution in [-0.2, 0) is 26.6 Å². The zero-order valence-electron chi connectivity index (χ0n) is 22.2. The summed E-state index contributed by atoms with van der Waals surface area (Å²) in [6, 6.07) is 10.3. The van der Waals surface area contributed by atoms with Crippen LogP contribution in [0.15, 0.2) is 43.0 Å². The van der Waals surface area contributed by atoms with E-state index >= 15 is 0 Å². The van der Waals surface area contributed by atoms with E-state index in [0.29, 0.717) is 0 Å². The molecule has 0 spiro atoms. The Bertz CT molecular complexity index is 1140. The first-order valence-electron chi connectivity index (χ1n) is 13.0. The second-order valence-electron chi connectivity index (χ2n) is 9.07. The Morgan fingerprint density at radius 2 is 1.15 bits per heavy atom. The number of unbranched alkanes of at least 4 members (excludes halogenated alkanes) is 11. The standard InChI is InChI=1S/C22H36N3.C2F6NO4S2/c1-2-3-4-5-6-7-8-9-10-11-12-16-19-24-20-23-25(21-24)22-17-14-13-15-18-22;3-1(4,5)14(10,11)9-15(12,13)2(6,7)8/h13-15,17-18,20-21H,2-12,16,19H2,1H3;/q+1;-1. The smallest absolute Gasteiger partial charge is 0.421 e. The van der Waals surface area contributed by atoms with Crippen LogP contribution in [0.1, 0.15) is 84.0 Å². The summed E-state index contributed by atoms with van der Waals surface area (Å²) in [5.41, 5.74) is -11.3. The van der Waals surface area contributed by atoms with Crippen LogP contribution in [0, 0.1) is 0 Å². The van der Waals surface area contributed by atoms with E-state index in [1.54, 1.807) is 0 Å². The molecule has 0 radical (unpaired) electrons. The van der Waals surface area contributed by atoms with Crippen LogP contribution in [0.5, 0.6) is 0 Å². The van der Waals surface area contributed by atoms with E-state index in [0.717, 1.165) is 16.4 Å². The van der Waals surface area contributed by atoms with E-state index < -0.39 is 31.1 Å². The predicted molar refractivity (Wildman–Crippen MR) is 138 cm³/mol. The fraction of sp³-hybridized carbons (Fsp3) is 0.667. The van der Waals surface area contributed by atoms with Gasteiger partial charge >= 0.3 is 11.0 Å². The van der Waals surface area contributed by atoms with Gasteiger partial charge in [-0.05, 0) is 18.6 Å². The van der Waals surface area contributed by atoms with Gasteiger partial charge in [0.15, 0.2) is 20.0 Å². The average Bonchev–Trinajstić information content (AvgIpc) is 3.33. The Morgan fingerprint density at radius 1 is 0.725 bits per heavy atom. The molecule has 8 nitrogen and oxygen atoms in total. The molecule has 0 aliphatic rings. The van der Waals surface area contributed by atoms with Crippen molar-refractivity contribution >= 4 is 20.0 Å². The van der Waals surface area contributed by atoms with Crippen molar-refractivity contribution in [3.63, 3.8) is 0 Å². The van der Waals surface area contributed by atoms with Crippen LogP contribution < -0.4 is 4.57 Å². The summed E-state index contributed by atoms with van der Waals surface area (Å²) in [5, 5.41) is 4.44. The lowest BCUT2D eigenvalue weighted by Gasteiger charge is -2.22. The average molecular weight is 623 g/mol. The topological polar surface area (TPSA) is 104 Å². The van der Waals surface area contributed by atoms with Gasteiger partial charge in [0.05, 0.1) is 6.54 Å². The Balaban J connectivity index is 0.000000459. The number of halogens is 6. The maximum absolute atomic E-state index is 11.4. The van der Waals surface area contributed by atoms with E-state index in [9.17, 15) is 43.2 Å². The minimum Gasteiger partial charge on any atom is -0.421 e. The summed E-state index contributed by atoms with van der Waals surface area (Å²) in [6.07, 6.45) is 20.8. The third-order valence-corrected chi connectivity index (χ3v) is 8.39. The number of aromatic nitrogens is 3. The monoisotopic (exact) mass is 622 g/mol. The molecule has 0 atom stereocenters. The second kappa shape index (κ2) is 16.9. The summed E-state index contributed by atoms with van der Waals surface area (Å²) in [5.74, 6) is 0. The predicted octanol–water partition coefficient (Wildman–Crippen LogP) is 6.92. The molecule has 2 aromatic rings. The van der Waals surface area contributed by atoms with E-state index in [2.05, 4.69) is 35.0 Å². The van der Waals surface area contributed by atoms with Crippen LogP contribution >= 0.6 is 0 Å². The molecular formula is C24H36F6N4O4S2. The summed E-state index contributed by atoms with van der Waals surface area (Å²) >= 11 is 0. The van der Waals surface area contributed by atoms with Gasteiger partial charge in [0.1, 0.15) is 5.69 Å². The maximum Gasteiger partial charge on any atom is 0.480 e. The van der Waals surface area contributed by atoms with Crippen molar-refractivity contribution < 1.29 is 47.7 Å². The fourth-order valence-corrected chi connectivity index (χ4v) is 5.21. The molecule has 230 valence electrons. The lowest BCUT2D eigenvalue weighted by atomic mass is 10.1. The van der Waals surface area contributed by atoms with E-state index in [1.807, 2.05) is 29.2 Å². The van der Waals surface area contributed by atoms with Crippen LogP contribution in [0.25, 0.3) is 9.81 Å². The molecule has 0 N–H and O–H groups in total. The number of nitrogens with zero attached hydrogens (tertiary/aromatic N) is 4. The second-order valence-corrected chi connectivity index (χ2v) is 12.5. The van der Waals surface area contributed by atoms with Crippen molar-refractivity contribution in [3.8, 4) is 5.69 Å². The molecule has 16 heteroatoms. The van der Waals surface area contributed by atoms with Crippen LogP contribution in [0.4, 0.5) is 26.3 Å². The molecule has 0 unspecified atom stereocenters. The molecule has 0 amide bonds. The number of benzene rings is 1. The molecule has 0 bridgehead atoms. The van der Waals surface area contributed by atoms with Gasteiger partial charge < -0.3 is 4.13 Å². The molecule has 0 fully saturated rings. The molecule has 0 aliphatic heterocycles. The van der Waals surface area contributed by atoms with Crippen molar-refractivity contribution in [2.45, 2.75) is 102 Å². The van der Waals surface area contributed by atoms with Crippen molar-refractivity contribution in [2.75, 3.05) is 0 Å². The van der Waals surface area contributed by atoms with Crippen LogP contribution in [-0.4, -0.2) is 37.6 Å². The van der Waals surface area contributed by atoms with Gasteiger partial charge in [-0.1, -0.05) is 100 Å². The summed E-state index contributed by atoms with van der Waals surface area (Å²) in [7, 11) is -13.4. The first-order valence-corrected chi connectivity index (χ1v) is 15.8. The zero-order chi connectivity index (χ0) is 30.3. The third kappa shape index (κ3) is 13.4. The van der Waals surface area contributed by atoms with Crippen LogP contribution in [0.3, 0.4) is 0 Å². The Kier molecular flexibility index (Phi) is 15.2. The quantitative estimate of drug-likeness (QED) is 0.115. The molecule has 2 rings (SSSR count). The van der Waals surface area contributed by atoms with Crippen LogP contribution in [0.2, 0.25) is 0 Å². The highest BCUT2D eigenvalue weighted by molar-refractivity contribution is 8.13. The number of hydrogen-bond acceptors (Lipinski definition) is 5. The molecular weight excluding hydrogens is 586 g/mol. The zero-order valence-corrected chi connectivity index (χ0v) is 23.9. The molecule has 1 aromatic heterocycles. The van der Waals surface area contributed by atoms with Crippen molar-refractivity contribution in [1.29, 1.82) is 0 Å². The normalized spacial score (nSPS) is 12.7. The summed E-state index contributed by atoms with van der Waals surface area (Å²) < 4.78 is 113. The van der Waals surface area contributed by atoms with Gasteiger partial charge in [-0.15, -0.1) is 0 Å². The number of hydrogen-bond donors (Lipinski definition) is 0. The van der Waals surface area contributed by atoms with E-state index in [-0.39, 0.29) is 0 Å². The molecule has 0 saturated carbocycles. The van der Waals surface area contributed by atoms with Gasteiger partial charge in [0, 0.05) is 5.10 Å². The maximum atomic E-state index is 11.4. The number of para-hydroxylation sites is 1. The number of alkyl halides is 6. The molecule has 1 aromatic carbocycles. The molecule has 1 heterocycles. The lowest BCUT2D eigenvalue weighted by Crippen LogP contribution is -2.30. The first-order chi connectivity index (χ1) is 18.6. The first kappa shape index (κ1) is 35.8. The van der Waals surface area contributed by atoms with Crippen molar-refractivity contribution in [3.05, 3.63) is 47.1 Å². The lowest BCUT2D eigenvalue weighted by molar-refractivity contribution is -0.697. The number of rotatable bonds is 16. The van der Waals surface area contributed by atoms with Gasteiger partial charge in [-0.2, -0.15) is 26.3 Å². The minimum absolute atomic E-state index is 0.778. The largest absolute Gasteiger partial charge is 0.480 e. The van der Waals surface area contributed by atoms with Gasteiger partial charge in [-0.3, -0.25) is 0 Å². The van der Waals surface area contributed by atoms with Crippen molar-refractivity contribution in [2.24, 2.45) is 0 Å². The molecule has 0 aliphatic carbocycles. The van der Waals surface area contributed by atoms with Gasteiger partial charge in [0.2, 0.25) is 6.33 Å².